The van der Waals surface area contributed by atoms with Gasteiger partial charge in [-0.3, -0.25) is 4.79 Å². The summed E-state index contributed by atoms with van der Waals surface area (Å²) in [6.07, 6.45) is 3.10. The van der Waals surface area contributed by atoms with Crippen LogP contribution < -0.4 is 10.6 Å². The standard InChI is InChI=1S/C14H20N2OS/c1-10(9-18-2)8-16-14(17)12-3-4-13-11(7-12)5-6-15-13/h3-4,7,10,15H,5-6,8-9H2,1-2H3,(H,16,17). The average molecular weight is 264 g/mol. The van der Waals surface area contributed by atoms with Gasteiger partial charge in [0.15, 0.2) is 0 Å². The summed E-state index contributed by atoms with van der Waals surface area (Å²) in [5.41, 5.74) is 3.19. The van der Waals surface area contributed by atoms with Crippen LogP contribution >= 0.6 is 11.8 Å². The van der Waals surface area contributed by atoms with Gasteiger partial charge in [-0.05, 0) is 48.1 Å². The second-order valence-electron chi connectivity index (χ2n) is 4.82. The Kier molecular flexibility index (Phi) is 4.53. The maximum Gasteiger partial charge on any atom is 0.251 e. The van der Waals surface area contributed by atoms with Gasteiger partial charge in [0, 0.05) is 24.3 Å². The zero-order chi connectivity index (χ0) is 13.0. The van der Waals surface area contributed by atoms with Crippen LogP contribution in [0.2, 0.25) is 0 Å². The summed E-state index contributed by atoms with van der Waals surface area (Å²) < 4.78 is 0. The first-order valence-electron chi connectivity index (χ1n) is 6.34. The van der Waals surface area contributed by atoms with E-state index in [4.69, 9.17) is 0 Å². The third-order valence-electron chi connectivity index (χ3n) is 3.14. The molecular formula is C14H20N2OS. The number of nitrogens with one attached hydrogen (secondary N) is 2. The second-order valence-corrected chi connectivity index (χ2v) is 5.73. The summed E-state index contributed by atoms with van der Waals surface area (Å²) in [6.45, 7) is 3.88. The van der Waals surface area contributed by atoms with Crippen molar-refractivity contribution < 1.29 is 4.79 Å². The molecule has 0 radical (unpaired) electrons. The molecular weight excluding hydrogens is 244 g/mol. The van der Waals surface area contributed by atoms with Crippen LogP contribution in [0.3, 0.4) is 0 Å². The number of fused-ring (bicyclic) bond motifs is 1. The lowest BCUT2D eigenvalue weighted by Crippen LogP contribution is -2.29. The highest BCUT2D eigenvalue weighted by molar-refractivity contribution is 7.98. The van der Waals surface area contributed by atoms with Gasteiger partial charge in [-0.1, -0.05) is 6.92 Å². The Hall–Kier alpha value is -1.16. The van der Waals surface area contributed by atoms with E-state index in [-0.39, 0.29) is 5.91 Å². The fraction of sp³-hybridized carbons (Fsp3) is 0.500. The lowest BCUT2D eigenvalue weighted by atomic mass is 10.1. The van der Waals surface area contributed by atoms with E-state index < -0.39 is 0 Å². The number of hydrogen-bond donors (Lipinski definition) is 2. The molecule has 0 saturated heterocycles. The highest BCUT2D eigenvalue weighted by atomic mass is 32.2. The van der Waals surface area contributed by atoms with Crippen LogP contribution in [0.15, 0.2) is 18.2 Å². The summed E-state index contributed by atoms with van der Waals surface area (Å²) in [5.74, 6) is 1.63. The molecule has 0 aliphatic carbocycles. The number of anilines is 1. The van der Waals surface area contributed by atoms with Gasteiger partial charge < -0.3 is 10.6 Å². The molecule has 0 aromatic heterocycles. The second kappa shape index (κ2) is 6.14. The lowest BCUT2D eigenvalue weighted by molar-refractivity contribution is 0.0949. The Morgan fingerprint density at radius 2 is 2.39 bits per heavy atom. The minimum absolute atomic E-state index is 0.0395. The van der Waals surface area contributed by atoms with Crippen molar-refractivity contribution in [3.8, 4) is 0 Å². The van der Waals surface area contributed by atoms with E-state index >= 15 is 0 Å². The van der Waals surface area contributed by atoms with Crippen molar-refractivity contribution in [1.29, 1.82) is 0 Å². The molecule has 98 valence electrons. The molecule has 1 aliphatic heterocycles. The molecule has 0 bridgehead atoms. The monoisotopic (exact) mass is 264 g/mol. The number of hydrogen-bond acceptors (Lipinski definition) is 3. The molecule has 1 heterocycles. The molecule has 18 heavy (non-hydrogen) atoms. The van der Waals surface area contributed by atoms with Gasteiger partial charge in [-0.15, -0.1) is 0 Å². The Labute approximate surface area is 113 Å². The van der Waals surface area contributed by atoms with E-state index in [1.54, 1.807) is 0 Å². The third kappa shape index (κ3) is 3.19. The first-order valence-corrected chi connectivity index (χ1v) is 7.74. The van der Waals surface area contributed by atoms with Gasteiger partial charge in [0.25, 0.3) is 5.91 Å². The van der Waals surface area contributed by atoms with E-state index in [0.29, 0.717) is 5.92 Å². The number of carbonyl (C=O) groups is 1. The van der Waals surface area contributed by atoms with Gasteiger partial charge in [-0.25, -0.2) is 0 Å². The summed E-state index contributed by atoms with van der Waals surface area (Å²) in [4.78, 5) is 12.0. The molecule has 1 aromatic rings. The fourth-order valence-electron chi connectivity index (χ4n) is 2.16. The largest absolute Gasteiger partial charge is 0.384 e. The normalized spacial score (nSPS) is 14.8. The van der Waals surface area contributed by atoms with Crippen molar-refractivity contribution in [3.63, 3.8) is 0 Å². The Morgan fingerprint density at radius 3 is 3.17 bits per heavy atom. The van der Waals surface area contributed by atoms with Crippen molar-refractivity contribution in [1.82, 2.24) is 5.32 Å². The van der Waals surface area contributed by atoms with Crippen molar-refractivity contribution in [2.45, 2.75) is 13.3 Å². The molecule has 1 unspecified atom stereocenters. The number of thioether (sulfide) groups is 1. The minimum Gasteiger partial charge on any atom is -0.384 e. The van der Waals surface area contributed by atoms with Crippen LogP contribution in [0.4, 0.5) is 5.69 Å². The molecule has 2 rings (SSSR count). The van der Waals surface area contributed by atoms with E-state index in [1.165, 1.54) is 11.3 Å². The van der Waals surface area contributed by atoms with Crippen LogP contribution in [0, 0.1) is 5.92 Å². The first kappa shape index (κ1) is 13.3. The maximum absolute atomic E-state index is 12.0. The quantitative estimate of drug-likeness (QED) is 0.858. The van der Waals surface area contributed by atoms with Crippen LogP contribution in [0.1, 0.15) is 22.8 Å². The van der Waals surface area contributed by atoms with Gasteiger partial charge in [0.1, 0.15) is 0 Å². The summed E-state index contributed by atoms with van der Waals surface area (Å²) in [7, 11) is 0. The highest BCUT2D eigenvalue weighted by Gasteiger charge is 2.13. The third-order valence-corrected chi connectivity index (χ3v) is 4.04. The number of rotatable bonds is 5. The predicted octanol–water partition coefficient (Wildman–Crippen LogP) is 2.38. The molecule has 1 aliphatic rings. The molecule has 1 aromatic carbocycles. The fourth-order valence-corrected chi connectivity index (χ4v) is 2.85. The Bertz CT molecular complexity index is 434. The molecule has 4 heteroatoms. The van der Waals surface area contributed by atoms with Crippen LogP contribution in [0.25, 0.3) is 0 Å². The minimum atomic E-state index is 0.0395. The van der Waals surface area contributed by atoms with Gasteiger partial charge in [-0.2, -0.15) is 11.8 Å². The predicted molar refractivity (Wildman–Crippen MR) is 78.5 cm³/mol. The van der Waals surface area contributed by atoms with Crippen molar-refractivity contribution in [3.05, 3.63) is 29.3 Å². The number of benzene rings is 1. The molecule has 0 spiro atoms. The highest BCUT2D eigenvalue weighted by Crippen LogP contribution is 2.22. The molecule has 1 amide bonds. The van der Waals surface area contributed by atoms with Crippen LogP contribution in [-0.2, 0) is 6.42 Å². The van der Waals surface area contributed by atoms with Crippen molar-refractivity contribution >= 4 is 23.4 Å². The van der Waals surface area contributed by atoms with E-state index in [2.05, 4.69) is 23.8 Å². The molecule has 0 fully saturated rings. The van der Waals surface area contributed by atoms with Crippen molar-refractivity contribution in [2.24, 2.45) is 5.92 Å². The topological polar surface area (TPSA) is 41.1 Å². The lowest BCUT2D eigenvalue weighted by Gasteiger charge is -2.11. The van der Waals surface area contributed by atoms with Gasteiger partial charge in [0.2, 0.25) is 0 Å². The van der Waals surface area contributed by atoms with Gasteiger partial charge >= 0.3 is 0 Å². The van der Waals surface area contributed by atoms with Crippen molar-refractivity contribution in [2.75, 3.05) is 30.4 Å². The van der Waals surface area contributed by atoms with Gasteiger partial charge in [0.05, 0.1) is 0 Å². The van der Waals surface area contributed by atoms with E-state index in [9.17, 15) is 4.79 Å². The molecule has 0 saturated carbocycles. The maximum atomic E-state index is 12.0. The summed E-state index contributed by atoms with van der Waals surface area (Å²) in [5, 5.41) is 6.30. The number of carbonyl (C=O) groups excluding carboxylic acids is 1. The Morgan fingerprint density at radius 1 is 1.56 bits per heavy atom. The molecule has 1 atom stereocenters. The zero-order valence-electron chi connectivity index (χ0n) is 11.0. The molecule has 2 N–H and O–H groups in total. The average Bonchev–Trinajstić information content (AvgIpc) is 2.83. The smallest absolute Gasteiger partial charge is 0.251 e. The summed E-state index contributed by atoms with van der Waals surface area (Å²) >= 11 is 1.81. The summed E-state index contributed by atoms with van der Waals surface area (Å²) in [6, 6.07) is 5.90. The van der Waals surface area contributed by atoms with E-state index in [1.807, 2.05) is 30.0 Å². The van der Waals surface area contributed by atoms with Crippen LogP contribution in [-0.4, -0.2) is 31.0 Å². The SMILES string of the molecule is CSCC(C)CNC(=O)c1ccc2c(c1)CCN2. The van der Waals surface area contributed by atoms with Crippen LogP contribution in [0.5, 0.6) is 0 Å². The Balaban J connectivity index is 1.93. The van der Waals surface area contributed by atoms with E-state index in [0.717, 1.165) is 30.8 Å². The number of amides is 1. The first-order chi connectivity index (χ1) is 8.70. The molecule has 3 nitrogen and oxygen atoms in total. The zero-order valence-corrected chi connectivity index (χ0v) is 11.8.